The van der Waals surface area contributed by atoms with E-state index in [9.17, 15) is 4.79 Å². The maximum atomic E-state index is 10.1. The lowest BCUT2D eigenvalue weighted by molar-refractivity contribution is 0.416. The van der Waals surface area contributed by atoms with E-state index in [2.05, 4.69) is 9.98 Å². The van der Waals surface area contributed by atoms with E-state index in [1.54, 1.807) is 19.2 Å². The van der Waals surface area contributed by atoms with Crippen molar-refractivity contribution in [2.75, 3.05) is 7.11 Å². The zero-order valence-electron chi connectivity index (χ0n) is 10.2. The molecule has 0 bridgehead atoms. The summed E-state index contributed by atoms with van der Waals surface area (Å²) in [6, 6.07) is 9.41. The van der Waals surface area contributed by atoms with Gasteiger partial charge in [-0.15, -0.1) is 0 Å². The van der Waals surface area contributed by atoms with Crippen molar-refractivity contribution >= 4 is 11.8 Å². The maximum Gasteiger partial charge on any atom is 0.240 e. The molecule has 0 atom stereocenters. The van der Waals surface area contributed by atoms with Gasteiger partial charge in [-0.05, 0) is 31.2 Å². The van der Waals surface area contributed by atoms with Gasteiger partial charge in [-0.1, -0.05) is 11.6 Å². The Morgan fingerprint density at radius 2 is 2.11 bits per heavy atom. The fraction of sp³-hybridized carbons (Fsp3) is 0.143. The molecule has 0 aliphatic rings. The molecule has 0 aliphatic heterocycles. The second-order valence-electron chi connectivity index (χ2n) is 3.81. The van der Waals surface area contributed by atoms with Crippen LogP contribution in [0.1, 0.15) is 5.56 Å². The highest BCUT2D eigenvalue weighted by Gasteiger charge is 2.07. The molecule has 0 unspecified atom stereocenters. The predicted molar refractivity (Wildman–Crippen MR) is 68.7 cm³/mol. The number of benzene rings is 1. The number of aromatic nitrogens is 1. The first-order valence-electron chi connectivity index (χ1n) is 5.43. The van der Waals surface area contributed by atoms with Gasteiger partial charge < -0.3 is 4.74 Å². The molecule has 4 nitrogen and oxygen atoms in total. The Morgan fingerprint density at radius 3 is 2.72 bits per heavy atom. The molecule has 0 radical (unpaired) electrons. The van der Waals surface area contributed by atoms with Gasteiger partial charge in [0.25, 0.3) is 0 Å². The Balaban J connectivity index is 2.47. The van der Waals surface area contributed by atoms with Crippen molar-refractivity contribution in [3.8, 4) is 17.0 Å². The second-order valence-corrected chi connectivity index (χ2v) is 3.81. The molecule has 0 aliphatic carbocycles. The van der Waals surface area contributed by atoms with Crippen molar-refractivity contribution in [2.24, 2.45) is 4.99 Å². The molecule has 0 N–H and O–H groups in total. The Bertz CT molecular complexity index is 600. The van der Waals surface area contributed by atoms with E-state index in [1.807, 2.05) is 25.1 Å². The van der Waals surface area contributed by atoms with Crippen molar-refractivity contribution in [2.45, 2.75) is 6.92 Å². The smallest absolute Gasteiger partial charge is 0.240 e. The van der Waals surface area contributed by atoms with Gasteiger partial charge in [0.1, 0.15) is 5.75 Å². The summed E-state index contributed by atoms with van der Waals surface area (Å²) in [6.45, 7) is 2.01. The van der Waals surface area contributed by atoms with E-state index < -0.39 is 0 Å². The van der Waals surface area contributed by atoms with Crippen LogP contribution in [0.15, 0.2) is 41.5 Å². The largest absolute Gasteiger partial charge is 0.496 e. The zero-order valence-corrected chi connectivity index (χ0v) is 10.2. The molecule has 2 rings (SSSR count). The van der Waals surface area contributed by atoms with Crippen molar-refractivity contribution in [1.29, 1.82) is 0 Å². The molecule has 1 heterocycles. The van der Waals surface area contributed by atoms with Gasteiger partial charge in [0.15, 0.2) is 0 Å². The topological polar surface area (TPSA) is 51.5 Å². The van der Waals surface area contributed by atoms with E-state index in [1.165, 1.54) is 12.3 Å². The minimum absolute atomic E-state index is 0.486. The molecular formula is C14H12N2O2. The van der Waals surface area contributed by atoms with Gasteiger partial charge >= 0.3 is 0 Å². The van der Waals surface area contributed by atoms with Crippen LogP contribution in [0.2, 0.25) is 0 Å². The number of hydrogen-bond donors (Lipinski definition) is 0. The van der Waals surface area contributed by atoms with Gasteiger partial charge in [-0.2, -0.15) is 4.99 Å². The second kappa shape index (κ2) is 5.25. The van der Waals surface area contributed by atoms with Crippen LogP contribution in [0.3, 0.4) is 0 Å². The van der Waals surface area contributed by atoms with Gasteiger partial charge in [-0.25, -0.2) is 4.79 Å². The van der Waals surface area contributed by atoms with E-state index in [-0.39, 0.29) is 0 Å². The molecule has 1 aromatic carbocycles. The van der Waals surface area contributed by atoms with Crippen LogP contribution in [-0.2, 0) is 4.79 Å². The van der Waals surface area contributed by atoms with E-state index in [0.717, 1.165) is 22.6 Å². The van der Waals surface area contributed by atoms with Crippen molar-refractivity contribution in [3.63, 3.8) is 0 Å². The molecule has 90 valence electrons. The van der Waals surface area contributed by atoms with Crippen LogP contribution in [0.4, 0.5) is 5.69 Å². The maximum absolute atomic E-state index is 10.1. The molecule has 0 fully saturated rings. The molecule has 0 amide bonds. The molecule has 1 aromatic heterocycles. The highest BCUT2D eigenvalue weighted by molar-refractivity contribution is 5.69. The van der Waals surface area contributed by atoms with Crippen molar-refractivity contribution in [1.82, 2.24) is 4.98 Å². The van der Waals surface area contributed by atoms with Gasteiger partial charge in [0, 0.05) is 5.56 Å². The lowest BCUT2D eigenvalue weighted by Crippen LogP contribution is -1.90. The SMILES string of the molecule is COc1ccc(C)cc1-c1ccc(N=C=O)cn1. The number of carbonyl (C=O) groups excluding carboxylic acids is 1. The molecule has 4 heteroatoms. The number of aliphatic imine (C=N–C) groups is 1. The number of rotatable bonds is 3. The quantitative estimate of drug-likeness (QED) is 0.612. The summed E-state index contributed by atoms with van der Waals surface area (Å²) in [5, 5.41) is 0. The van der Waals surface area contributed by atoms with Gasteiger partial charge in [0.05, 0.1) is 24.7 Å². The summed E-state index contributed by atoms with van der Waals surface area (Å²) in [6.07, 6.45) is 3.01. The molecule has 0 saturated carbocycles. The Kier molecular flexibility index (Phi) is 3.51. The minimum atomic E-state index is 0.486. The summed E-state index contributed by atoms with van der Waals surface area (Å²) < 4.78 is 5.31. The summed E-state index contributed by atoms with van der Waals surface area (Å²) in [5.74, 6) is 0.764. The Morgan fingerprint density at radius 1 is 1.28 bits per heavy atom. The van der Waals surface area contributed by atoms with Crippen LogP contribution in [0.5, 0.6) is 5.75 Å². The normalized spacial score (nSPS) is 9.67. The highest BCUT2D eigenvalue weighted by Crippen LogP contribution is 2.30. The highest BCUT2D eigenvalue weighted by atomic mass is 16.5. The van der Waals surface area contributed by atoms with Crippen LogP contribution < -0.4 is 4.74 Å². The van der Waals surface area contributed by atoms with Crippen molar-refractivity contribution < 1.29 is 9.53 Å². The van der Waals surface area contributed by atoms with Crippen LogP contribution in [-0.4, -0.2) is 18.2 Å². The van der Waals surface area contributed by atoms with Crippen LogP contribution >= 0.6 is 0 Å². The third-order valence-electron chi connectivity index (χ3n) is 2.55. The number of hydrogen-bond acceptors (Lipinski definition) is 4. The fourth-order valence-electron chi connectivity index (χ4n) is 1.69. The number of ether oxygens (including phenoxy) is 1. The van der Waals surface area contributed by atoms with E-state index in [4.69, 9.17) is 4.74 Å². The molecule has 0 saturated heterocycles. The molecule has 0 spiro atoms. The standard InChI is InChI=1S/C14H12N2O2/c1-10-3-6-14(18-2)12(7-10)13-5-4-11(8-15-13)16-9-17/h3-8H,1-2H3. The first-order chi connectivity index (χ1) is 8.74. The number of methoxy groups -OCH3 is 1. The number of pyridine rings is 1. The number of aryl methyl sites for hydroxylation is 1. The number of nitrogens with zero attached hydrogens (tertiary/aromatic N) is 2. The fourth-order valence-corrected chi connectivity index (χ4v) is 1.69. The van der Waals surface area contributed by atoms with Crippen LogP contribution in [0, 0.1) is 6.92 Å². The average Bonchev–Trinajstić information content (AvgIpc) is 2.40. The summed E-state index contributed by atoms with van der Waals surface area (Å²) in [4.78, 5) is 17.9. The van der Waals surface area contributed by atoms with Gasteiger partial charge in [0.2, 0.25) is 6.08 Å². The van der Waals surface area contributed by atoms with Gasteiger partial charge in [-0.3, -0.25) is 4.98 Å². The first-order valence-corrected chi connectivity index (χ1v) is 5.43. The zero-order chi connectivity index (χ0) is 13.0. The molecule has 18 heavy (non-hydrogen) atoms. The lowest BCUT2D eigenvalue weighted by Gasteiger charge is -2.08. The monoisotopic (exact) mass is 240 g/mol. The summed E-state index contributed by atoms with van der Waals surface area (Å²) in [5.41, 5.74) is 3.31. The lowest BCUT2D eigenvalue weighted by atomic mass is 10.1. The molecule has 2 aromatic rings. The summed E-state index contributed by atoms with van der Waals surface area (Å²) in [7, 11) is 1.62. The van der Waals surface area contributed by atoms with Crippen LogP contribution in [0.25, 0.3) is 11.3 Å². The third-order valence-corrected chi connectivity index (χ3v) is 2.55. The number of isocyanates is 1. The molecular weight excluding hydrogens is 228 g/mol. The summed E-state index contributed by atoms with van der Waals surface area (Å²) >= 11 is 0. The van der Waals surface area contributed by atoms with Crippen molar-refractivity contribution in [3.05, 3.63) is 42.1 Å². The minimum Gasteiger partial charge on any atom is -0.496 e. The Labute approximate surface area is 105 Å². The van der Waals surface area contributed by atoms with E-state index in [0.29, 0.717) is 5.69 Å². The predicted octanol–water partition coefficient (Wildman–Crippen LogP) is 3.03. The van der Waals surface area contributed by atoms with E-state index >= 15 is 0 Å². The first kappa shape index (κ1) is 12.0. The Hall–Kier alpha value is -2.45. The third kappa shape index (κ3) is 2.44. The average molecular weight is 240 g/mol.